The molecule has 1 aromatic heterocycles. The molecule has 29 heavy (non-hydrogen) atoms. The molecule has 150 valence electrons. The molecule has 0 spiro atoms. The van der Waals surface area contributed by atoms with Crippen molar-refractivity contribution in [3.8, 4) is 5.75 Å². The third-order valence-electron chi connectivity index (χ3n) is 4.71. The number of esters is 1. The van der Waals surface area contributed by atoms with E-state index >= 15 is 0 Å². The lowest BCUT2D eigenvalue weighted by atomic mass is 10.0. The van der Waals surface area contributed by atoms with Gasteiger partial charge >= 0.3 is 5.97 Å². The fourth-order valence-corrected chi connectivity index (χ4v) is 3.17. The molecule has 3 aromatic rings. The number of hydrogen-bond acceptors (Lipinski definition) is 7. The molecule has 0 amide bonds. The second kappa shape index (κ2) is 7.72. The fraction of sp³-hybridized carbons (Fsp3) is 0.200. The first-order valence-electron chi connectivity index (χ1n) is 8.51. The maximum atomic E-state index is 12.5. The van der Waals surface area contributed by atoms with Crippen molar-refractivity contribution in [2.75, 3.05) is 14.2 Å². The molecular formula is C20H18N2O7. The van der Waals surface area contributed by atoms with Gasteiger partial charge in [-0.1, -0.05) is 6.07 Å². The summed E-state index contributed by atoms with van der Waals surface area (Å²) in [5.41, 5.74) is 0.535. The van der Waals surface area contributed by atoms with Crippen LogP contribution in [0.4, 0.5) is 5.69 Å². The maximum absolute atomic E-state index is 12.5. The zero-order chi connectivity index (χ0) is 21.3. The van der Waals surface area contributed by atoms with E-state index in [0.717, 1.165) is 0 Å². The van der Waals surface area contributed by atoms with Crippen LogP contribution in [0.3, 0.4) is 0 Å². The number of aliphatic hydroxyl groups excluding tert-OH is 1. The van der Waals surface area contributed by atoms with Crippen molar-refractivity contribution in [1.29, 1.82) is 0 Å². The number of methoxy groups -OCH3 is 2. The number of carbonyl (C=O) groups is 1. The number of fused-ring (bicyclic) bond motifs is 1. The molecule has 0 saturated carbocycles. The third kappa shape index (κ3) is 3.55. The van der Waals surface area contributed by atoms with Crippen molar-refractivity contribution in [1.82, 2.24) is 4.57 Å². The summed E-state index contributed by atoms with van der Waals surface area (Å²) in [5, 5.41) is 22.3. The largest absolute Gasteiger partial charge is 0.496 e. The van der Waals surface area contributed by atoms with Crippen molar-refractivity contribution in [2.24, 2.45) is 7.05 Å². The minimum absolute atomic E-state index is 0.167. The van der Waals surface area contributed by atoms with E-state index < -0.39 is 17.0 Å². The Bertz CT molecular complexity index is 1180. The standard InChI is InChI=1S/C20H18N2O7/c1-21-15-9-12(22(26)27)5-7-13(15)17(23)10-16(21)19(24)14-6-4-11(20(25)29-3)8-18(14)28-2/h4-10,19,24H,1-3H3. The Morgan fingerprint density at radius 3 is 2.52 bits per heavy atom. The Hall–Kier alpha value is -3.72. The van der Waals surface area contributed by atoms with Crippen molar-refractivity contribution in [3.05, 3.63) is 79.6 Å². The van der Waals surface area contributed by atoms with Crippen LogP contribution < -0.4 is 10.2 Å². The third-order valence-corrected chi connectivity index (χ3v) is 4.71. The molecule has 1 N–H and O–H groups in total. The van der Waals surface area contributed by atoms with Crippen molar-refractivity contribution >= 4 is 22.6 Å². The molecule has 9 nitrogen and oxygen atoms in total. The van der Waals surface area contributed by atoms with Crippen LogP contribution in [0.15, 0.2) is 47.3 Å². The second-order valence-corrected chi connectivity index (χ2v) is 6.30. The number of nitro benzene ring substituents is 1. The van der Waals surface area contributed by atoms with E-state index in [1.54, 1.807) is 7.05 Å². The van der Waals surface area contributed by atoms with Gasteiger partial charge in [-0.15, -0.1) is 0 Å². The highest BCUT2D eigenvalue weighted by Gasteiger charge is 2.22. The molecule has 3 rings (SSSR count). The molecule has 0 saturated heterocycles. The predicted octanol–water partition coefficient (Wildman–Crippen LogP) is 2.32. The molecular weight excluding hydrogens is 380 g/mol. The van der Waals surface area contributed by atoms with E-state index in [2.05, 4.69) is 4.74 Å². The normalized spacial score (nSPS) is 11.9. The highest BCUT2D eigenvalue weighted by Crippen LogP contribution is 2.32. The van der Waals surface area contributed by atoms with Gasteiger partial charge in [0.2, 0.25) is 0 Å². The number of carbonyl (C=O) groups excluding carboxylic acids is 1. The summed E-state index contributed by atoms with van der Waals surface area (Å²) in [7, 11) is 4.23. The molecule has 2 aromatic carbocycles. The number of nitro groups is 1. The number of hydrogen-bond donors (Lipinski definition) is 1. The number of non-ortho nitro benzene ring substituents is 1. The van der Waals surface area contributed by atoms with Gasteiger partial charge in [-0.25, -0.2) is 4.79 Å². The van der Waals surface area contributed by atoms with Crippen LogP contribution in [0, 0.1) is 10.1 Å². The smallest absolute Gasteiger partial charge is 0.337 e. The Kier molecular flexibility index (Phi) is 5.33. The predicted molar refractivity (Wildman–Crippen MR) is 104 cm³/mol. The van der Waals surface area contributed by atoms with Crippen LogP contribution in [-0.2, 0) is 11.8 Å². The Labute approximate surface area is 164 Å². The first kappa shape index (κ1) is 20.0. The molecule has 0 radical (unpaired) electrons. The first-order chi connectivity index (χ1) is 13.8. The van der Waals surface area contributed by atoms with Gasteiger partial charge in [-0.05, 0) is 18.2 Å². The van der Waals surface area contributed by atoms with Crippen LogP contribution >= 0.6 is 0 Å². The highest BCUT2D eigenvalue weighted by molar-refractivity contribution is 5.90. The molecule has 1 unspecified atom stereocenters. The van der Waals surface area contributed by atoms with E-state index in [-0.39, 0.29) is 28.1 Å². The number of ether oxygens (including phenoxy) is 2. The maximum Gasteiger partial charge on any atom is 0.337 e. The number of aliphatic hydroxyl groups is 1. The van der Waals surface area contributed by atoms with Gasteiger partial charge in [0.1, 0.15) is 11.9 Å². The Balaban J connectivity index is 2.17. The molecule has 0 aliphatic rings. The van der Waals surface area contributed by atoms with E-state index in [1.807, 2.05) is 0 Å². The van der Waals surface area contributed by atoms with E-state index in [9.17, 15) is 24.8 Å². The van der Waals surface area contributed by atoms with Crippen LogP contribution in [-0.4, -0.2) is 34.8 Å². The summed E-state index contributed by atoms with van der Waals surface area (Å²) in [6, 6.07) is 9.59. The number of benzene rings is 2. The van der Waals surface area contributed by atoms with Gasteiger partial charge in [-0.2, -0.15) is 0 Å². The molecule has 0 aliphatic carbocycles. The number of aromatic nitrogens is 1. The summed E-state index contributed by atoms with van der Waals surface area (Å²) in [4.78, 5) is 34.8. The molecule has 0 aliphatic heterocycles. The summed E-state index contributed by atoms with van der Waals surface area (Å²) in [6.45, 7) is 0. The zero-order valence-corrected chi connectivity index (χ0v) is 15.9. The summed E-state index contributed by atoms with van der Waals surface area (Å²) in [5.74, 6) is -0.332. The van der Waals surface area contributed by atoms with Crippen molar-refractivity contribution in [3.63, 3.8) is 0 Å². The SMILES string of the molecule is COC(=O)c1ccc(C(O)c2cc(=O)c3ccc([N+](=O)[O-])cc3n2C)c(OC)c1. The quantitative estimate of drug-likeness (QED) is 0.398. The van der Waals surface area contributed by atoms with E-state index in [1.165, 1.54) is 61.3 Å². The van der Waals surface area contributed by atoms with Gasteiger partial charge in [0.05, 0.1) is 35.9 Å². The lowest BCUT2D eigenvalue weighted by molar-refractivity contribution is -0.384. The molecule has 9 heteroatoms. The number of pyridine rings is 1. The lowest BCUT2D eigenvalue weighted by Gasteiger charge is -2.20. The first-order valence-corrected chi connectivity index (χ1v) is 8.51. The number of rotatable bonds is 5. The number of nitrogens with zero attached hydrogens (tertiary/aromatic N) is 2. The fourth-order valence-electron chi connectivity index (χ4n) is 3.17. The average Bonchev–Trinajstić information content (AvgIpc) is 2.74. The van der Waals surface area contributed by atoms with Crippen molar-refractivity contribution < 1.29 is 24.3 Å². The minimum Gasteiger partial charge on any atom is -0.496 e. The van der Waals surface area contributed by atoms with Gasteiger partial charge in [0.15, 0.2) is 5.43 Å². The second-order valence-electron chi connectivity index (χ2n) is 6.30. The number of aryl methyl sites for hydroxylation is 1. The summed E-state index contributed by atoms with van der Waals surface area (Å²) in [6.07, 6.45) is -1.28. The summed E-state index contributed by atoms with van der Waals surface area (Å²) < 4.78 is 11.5. The molecule has 1 atom stereocenters. The average molecular weight is 398 g/mol. The van der Waals surface area contributed by atoms with Crippen LogP contribution in [0.1, 0.15) is 27.7 Å². The van der Waals surface area contributed by atoms with Gasteiger partial charge in [0.25, 0.3) is 5.69 Å². The minimum atomic E-state index is -1.28. The van der Waals surface area contributed by atoms with Gasteiger partial charge < -0.3 is 19.1 Å². The van der Waals surface area contributed by atoms with E-state index in [0.29, 0.717) is 16.5 Å². The van der Waals surface area contributed by atoms with Crippen LogP contribution in [0.2, 0.25) is 0 Å². The Morgan fingerprint density at radius 1 is 1.17 bits per heavy atom. The lowest BCUT2D eigenvalue weighted by Crippen LogP contribution is -2.16. The zero-order valence-electron chi connectivity index (χ0n) is 15.9. The van der Waals surface area contributed by atoms with Crippen molar-refractivity contribution in [2.45, 2.75) is 6.10 Å². The topological polar surface area (TPSA) is 121 Å². The van der Waals surface area contributed by atoms with Gasteiger partial charge in [0, 0.05) is 36.2 Å². The highest BCUT2D eigenvalue weighted by atomic mass is 16.6. The Morgan fingerprint density at radius 2 is 1.90 bits per heavy atom. The van der Waals surface area contributed by atoms with Gasteiger partial charge in [-0.3, -0.25) is 14.9 Å². The van der Waals surface area contributed by atoms with E-state index in [4.69, 9.17) is 4.74 Å². The molecule has 1 heterocycles. The monoisotopic (exact) mass is 398 g/mol. The van der Waals surface area contributed by atoms with Crippen LogP contribution in [0.25, 0.3) is 10.9 Å². The molecule has 0 bridgehead atoms. The summed E-state index contributed by atoms with van der Waals surface area (Å²) >= 11 is 0. The molecule has 0 fully saturated rings. The van der Waals surface area contributed by atoms with Crippen LogP contribution in [0.5, 0.6) is 5.75 Å².